The minimum Gasteiger partial charge on any atom is -0.393 e. The smallest absolute Gasteiger partial charge is 0.222 e. The Balaban J connectivity index is 1.67. The van der Waals surface area contributed by atoms with Gasteiger partial charge >= 0.3 is 0 Å². The van der Waals surface area contributed by atoms with Crippen molar-refractivity contribution in [3.8, 4) is 11.3 Å². The summed E-state index contributed by atoms with van der Waals surface area (Å²) in [5.74, 6) is 1.10. The first-order valence-corrected chi connectivity index (χ1v) is 7.20. The van der Waals surface area contributed by atoms with E-state index in [1.54, 1.807) is 18.5 Å². The van der Waals surface area contributed by atoms with E-state index < -0.39 is 0 Å². The van der Waals surface area contributed by atoms with Gasteiger partial charge < -0.3 is 16.2 Å². The van der Waals surface area contributed by atoms with Gasteiger partial charge in [0.2, 0.25) is 5.95 Å². The molecule has 0 atom stereocenters. The average molecular weight is 285 g/mol. The molecule has 0 saturated heterocycles. The molecular weight excluding hydrogens is 266 g/mol. The molecule has 2 aromatic heterocycles. The third-order valence-electron chi connectivity index (χ3n) is 3.75. The zero-order valence-electron chi connectivity index (χ0n) is 11.7. The van der Waals surface area contributed by atoms with Crippen LogP contribution in [0.2, 0.25) is 0 Å². The van der Waals surface area contributed by atoms with Crippen molar-refractivity contribution in [2.45, 2.75) is 37.8 Å². The van der Waals surface area contributed by atoms with Crippen LogP contribution in [0.25, 0.3) is 11.3 Å². The lowest BCUT2D eigenvalue weighted by molar-refractivity contribution is 0.126. The second kappa shape index (κ2) is 6.05. The number of aromatic nitrogens is 3. The number of nitrogens with one attached hydrogen (secondary N) is 1. The first-order chi connectivity index (χ1) is 10.2. The molecule has 0 aromatic carbocycles. The molecule has 110 valence electrons. The predicted molar refractivity (Wildman–Crippen MR) is 81.6 cm³/mol. The van der Waals surface area contributed by atoms with Crippen LogP contribution >= 0.6 is 0 Å². The Morgan fingerprint density at radius 3 is 2.48 bits per heavy atom. The van der Waals surface area contributed by atoms with Gasteiger partial charge in [0.1, 0.15) is 5.82 Å². The van der Waals surface area contributed by atoms with Crippen LogP contribution in [0.1, 0.15) is 25.7 Å². The van der Waals surface area contributed by atoms with Crippen LogP contribution in [-0.2, 0) is 0 Å². The number of anilines is 2. The van der Waals surface area contributed by atoms with Gasteiger partial charge in [0.15, 0.2) is 0 Å². The quantitative estimate of drug-likeness (QED) is 0.796. The Kier molecular flexibility index (Phi) is 3.96. The summed E-state index contributed by atoms with van der Waals surface area (Å²) in [6, 6.07) is 5.82. The highest BCUT2D eigenvalue weighted by Gasteiger charge is 2.19. The molecule has 2 heterocycles. The molecule has 1 aliphatic rings. The lowest BCUT2D eigenvalue weighted by Crippen LogP contribution is -2.28. The monoisotopic (exact) mass is 285 g/mol. The lowest BCUT2D eigenvalue weighted by atomic mass is 9.93. The zero-order chi connectivity index (χ0) is 14.7. The fourth-order valence-corrected chi connectivity index (χ4v) is 2.55. The van der Waals surface area contributed by atoms with Gasteiger partial charge in [-0.25, -0.2) is 15.0 Å². The van der Waals surface area contributed by atoms with Crippen molar-refractivity contribution in [2.75, 3.05) is 11.1 Å². The van der Waals surface area contributed by atoms with E-state index in [1.165, 1.54) is 0 Å². The third kappa shape index (κ3) is 3.46. The molecule has 4 N–H and O–H groups in total. The fraction of sp³-hybridized carbons (Fsp3) is 0.400. The first-order valence-electron chi connectivity index (χ1n) is 7.20. The third-order valence-corrected chi connectivity index (χ3v) is 3.75. The van der Waals surface area contributed by atoms with Crippen molar-refractivity contribution in [2.24, 2.45) is 0 Å². The fourth-order valence-electron chi connectivity index (χ4n) is 2.55. The van der Waals surface area contributed by atoms with E-state index in [-0.39, 0.29) is 6.10 Å². The maximum absolute atomic E-state index is 9.50. The summed E-state index contributed by atoms with van der Waals surface area (Å²) >= 11 is 0. The van der Waals surface area contributed by atoms with Crippen LogP contribution < -0.4 is 11.1 Å². The first kappa shape index (κ1) is 13.8. The van der Waals surface area contributed by atoms with E-state index >= 15 is 0 Å². The van der Waals surface area contributed by atoms with Crippen molar-refractivity contribution in [3.05, 3.63) is 30.6 Å². The molecule has 1 fully saturated rings. The molecule has 0 amide bonds. The van der Waals surface area contributed by atoms with Crippen molar-refractivity contribution in [1.29, 1.82) is 0 Å². The van der Waals surface area contributed by atoms with E-state index in [2.05, 4.69) is 20.3 Å². The SMILES string of the molecule is Nc1cccc(-c2cnc(NC3CCC(O)CC3)nc2)n1. The molecular formula is C15H19N5O. The second-order valence-electron chi connectivity index (χ2n) is 5.39. The molecule has 1 saturated carbocycles. The van der Waals surface area contributed by atoms with Gasteiger partial charge in [-0.3, -0.25) is 0 Å². The number of pyridine rings is 1. The summed E-state index contributed by atoms with van der Waals surface area (Å²) in [6.45, 7) is 0. The van der Waals surface area contributed by atoms with Gasteiger partial charge in [-0.05, 0) is 37.8 Å². The molecule has 0 spiro atoms. The maximum Gasteiger partial charge on any atom is 0.222 e. The van der Waals surface area contributed by atoms with Gasteiger partial charge in [0.05, 0.1) is 11.8 Å². The van der Waals surface area contributed by atoms with Crippen LogP contribution in [0.15, 0.2) is 30.6 Å². The van der Waals surface area contributed by atoms with Gasteiger partial charge in [0, 0.05) is 24.0 Å². The Labute approximate surface area is 123 Å². The summed E-state index contributed by atoms with van der Waals surface area (Å²) in [4.78, 5) is 12.9. The number of aliphatic hydroxyl groups excluding tert-OH is 1. The number of aliphatic hydroxyl groups is 1. The molecule has 0 aliphatic heterocycles. The number of hydrogen-bond acceptors (Lipinski definition) is 6. The number of nitrogens with two attached hydrogens (primary N) is 1. The molecule has 6 heteroatoms. The van der Waals surface area contributed by atoms with Crippen LogP contribution in [-0.4, -0.2) is 32.2 Å². The second-order valence-corrected chi connectivity index (χ2v) is 5.39. The summed E-state index contributed by atoms with van der Waals surface area (Å²) in [5.41, 5.74) is 7.28. The molecule has 1 aliphatic carbocycles. The molecule has 3 rings (SSSR count). The van der Waals surface area contributed by atoms with Crippen LogP contribution in [0.5, 0.6) is 0 Å². The van der Waals surface area contributed by atoms with Gasteiger partial charge in [-0.15, -0.1) is 0 Å². The molecule has 0 unspecified atom stereocenters. The van der Waals surface area contributed by atoms with E-state index in [0.29, 0.717) is 17.8 Å². The number of nitrogens with zero attached hydrogens (tertiary/aromatic N) is 3. The largest absolute Gasteiger partial charge is 0.393 e. The van der Waals surface area contributed by atoms with E-state index in [4.69, 9.17) is 5.73 Å². The highest BCUT2D eigenvalue weighted by atomic mass is 16.3. The minimum atomic E-state index is -0.152. The molecule has 0 radical (unpaired) electrons. The number of rotatable bonds is 3. The van der Waals surface area contributed by atoms with Crippen molar-refractivity contribution in [3.63, 3.8) is 0 Å². The van der Waals surface area contributed by atoms with Gasteiger partial charge in [0.25, 0.3) is 0 Å². The van der Waals surface area contributed by atoms with E-state index in [9.17, 15) is 5.11 Å². The lowest BCUT2D eigenvalue weighted by Gasteiger charge is -2.26. The normalized spacial score (nSPS) is 22.0. The summed E-state index contributed by atoms with van der Waals surface area (Å²) < 4.78 is 0. The Morgan fingerprint density at radius 2 is 1.81 bits per heavy atom. The van der Waals surface area contributed by atoms with Crippen LogP contribution in [0, 0.1) is 0 Å². The van der Waals surface area contributed by atoms with Gasteiger partial charge in [-0.1, -0.05) is 6.07 Å². The average Bonchev–Trinajstić information content (AvgIpc) is 2.50. The predicted octanol–water partition coefficient (Wildman–Crippen LogP) is 1.84. The summed E-state index contributed by atoms with van der Waals surface area (Å²) in [6.07, 6.45) is 6.91. The van der Waals surface area contributed by atoms with Crippen LogP contribution in [0.4, 0.5) is 11.8 Å². The topological polar surface area (TPSA) is 97.0 Å². The summed E-state index contributed by atoms with van der Waals surface area (Å²) in [5, 5.41) is 12.8. The highest BCUT2D eigenvalue weighted by Crippen LogP contribution is 2.21. The highest BCUT2D eigenvalue weighted by molar-refractivity contribution is 5.59. The Bertz CT molecular complexity index is 593. The molecule has 2 aromatic rings. The van der Waals surface area contributed by atoms with Crippen LogP contribution in [0.3, 0.4) is 0 Å². The Morgan fingerprint density at radius 1 is 1.10 bits per heavy atom. The Hall–Kier alpha value is -2.21. The number of nitrogen functional groups attached to an aromatic ring is 1. The standard InChI is InChI=1S/C15H19N5O/c16-14-3-1-2-13(20-14)10-8-17-15(18-9-10)19-11-4-6-12(21)7-5-11/h1-3,8-9,11-12,21H,4-7H2,(H2,16,20)(H,17,18,19). The summed E-state index contributed by atoms with van der Waals surface area (Å²) in [7, 11) is 0. The minimum absolute atomic E-state index is 0.152. The van der Waals surface area contributed by atoms with E-state index in [1.807, 2.05) is 12.1 Å². The molecule has 6 nitrogen and oxygen atoms in total. The van der Waals surface area contributed by atoms with Crippen molar-refractivity contribution >= 4 is 11.8 Å². The molecule has 21 heavy (non-hydrogen) atoms. The maximum atomic E-state index is 9.50. The van der Waals surface area contributed by atoms with Crippen molar-refractivity contribution in [1.82, 2.24) is 15.0 Å². The van der Waals surface area contributed by atoms with Gasteiger partial charge in [-0.2, -0.15) is 0 Å². The molecule has 0 bridgehead atoms. The number of hydrogen-bond donors (Lipinski definition) is 3. The van der Waals surface area contributed by atoms with E-state index in [0.717, 1.165) is 36.9 Å². The zero-order valence-corrected chi connectivity index (χ0v) is 11.7. The van der Waals surface area contributed by atoms with Crippen molar-refractivity contribution < 1.29 is 5.11 Å².